The van der Waals surface area contributed by atoms with Gasteiger partial charge in [-0.05, 0) is 37.4 Å². The maximum absolute atomic E-state index is 13.8. The molecule has 9 heteroatoms. The summed E-state index contributed by atoms with van der Waals surface area (Å²) in [5.74, 6) is -2.71. The Labute approximate surface area is 143 Å². The van der Waals surface area contributed by atoms with Gasteiger partial charge in [-0.2, -0.15) is 0 Å². The second-order valence-corrected chi connectivity index (χ2v) is 6.73. The quantitative estimate of drug-likeness (QED) is 0.755. The first-order valence-corrected chi connectivity index (χ1v) is 8.57. The highest BCUT2D eigenvalue weighted by atomic mass is 32.2. The highest BCUT2D eigenvalue weighted by molar-refractivity contribution is 7.89. The molecule has 0 heterocycles. The lowest BCUT2D eigenvalue weighted by atomic mass is 10.2. The molecular weight excluding hydrogens is 351 g/mol. The molecule has 2 aromatic rings. The minimum atomic E-state index is -3.85. The second kappa shape index (κ2) is 7.86. The molecule has 0 radical (unpaired) electrons. The van der Waals surface area contributed by atoms with Gasteiger partial charge in [0.1, 0.15) is 5.82 Å². The number of halogens is 1. The monoisotopic (exact) mass is 366 g/mol. The summed E-state index contributed by atoms with van der Waals surface area (Å²) in [6.07, 6.45) is 0. The van der Waals surface area contributed by atoms with Crippen LogP contribution in [0.25, 0.3) is 0 Å². The lowest BCUT2D eigenvalue weighted by Crippen LogP contribution is -2.22. The number of para-hydroxylation sites is 1. The van der Waals surface area contributed by atoms with Gasteiger partial charge < -0.3 is 10.1 Å². The number of esters is 1. The molecule has 132 valence electrons. The zero-order valence-corrected chi connectivity index (χ0v) is 14.0. The molecular formula is C16H15FN2O5S. The number of rotatable bonds is 6. The van der Waals surface area contributed by atoms with Crippen LogP contribution in [-0.2, 0) is 19.6 Å². The molecule has 1 amide bonds. The fraction of sp³-hybridized carbons (Fsp3) is 0.125. The Balaban J connectivity index is 2.05. The van der Waals surface area contributed by atoms with Crippen LogP contribution in [0.4, 0.5) is 10.1 Å². The van der Waals surface area contributed by atoms with E-state index in [0.717, 1.165) is 18.2 Å². The van der Waals surface area contributed by atoms with Gasteiger partial charge in [0.2, 0.25) is 10.0 Å². The summed E-state index contributed by atoms with van der Waals surface area (Å²) in [5.41, 5.74) is -0.0688. The third-order valence-corrected chi connectivity index (χ3v) is 4.54. The number of hydrogen-bond donors (Lipinski definition) is 2. The third kappa shape index (κ3) is 4.85. The number of hydrogen-bond acceptors (Lipinski definition) is 5. The Hall–Kier alpha value is -2.78. The van der Waals surface area contributed by atoms with Gasteiger partial charge in [0.05, 0.1) is 10.5 Å². The van der Waals surface area contributed by atoms with Gasteiger partial charge in [0, 0.05) is 5.69 Å². The molecule has 0 unspecified atom stereocenters. The van der Waals surface area contributed by atoms with Gasteiger partial charge in [-0.15, -0.1) is 0 Å². The van der Waals surface area contributed by atoms with Gasteiger partial charge >= 0.3 is 5.97 Å². The van der Waals surface area contributed by atoms with Gasteiger partial charge in [-0.25, -0.2) is 22.3 Å². The summed E-state index contributed by atoms with van der Waals surface area (Å²) in [6.45, 7) is -0.643. The Bertz CT molecular complexity index is 885. The minimum absolute atomic E-state index is 0.294. The van der Waals surface area contributed by atoms with Crippen LogP contribution in [0, 0.1) is 5.82 Å². The van der Waals surface area contributed by atoms with Crippen LogP contribution in [0.15, 0.2) is 53.4 Å². The first kappa shape index (κ1) is 18.6. The lowest BCUT2D eigenvalue weighted by molar-refractivity contribution is -0.119. The first-order valence-electron chi connectivity index (χ1n) is 7.08. The topological polar surface area (TPSA) is 102 Å². The maximum atomic E-state index is 13.8. The predicted octanol–water partition coefficient (Wildman–Crippen LogP) is 1.53. The molecule has 2 rings (SSSR count). The summed E-state index contributed by atoms with van der Waals surface area (Å²) in [7, 11) is -2.66. The Morgan fingerprint density at radius 3 is 2.44 bits per heavy atom. The summed E-state index contributed by atoms with van der Waals surface area (Å²) < 4.78 is 44.0. The van der Waals surface area contributed by atoms with Gasteiger partial charge in [-0.1, -0.05) is 18.2 Å². The fourth-order valence-electron chi connectivity index (χ4n) is 1.87. The SMILES string of the molecule is CNS(=O)(=O)c1ccc(F)c(C(=O)OCC(=O)Nc2ccccc2)c1. The molecule has 2 aromatic carbocycles. The number of carbonyl (C=O) groups is 2. The summed E-state index contributed by atoms with van der Waals surface area (Å²) >= 11 is 0. The van der Waals surface area contributed by atoms with E-state index in [1.54, 1.807) is 30.3 Å². The van der Waals surface area contributed by atoms with Crippen LogP contribution in [0.5, 0.6) is 0 Å². The number of benzene rings is 2. The van der Waals surface area contributed by atoms with Crippen molar-refractivity contribution in [2.24, 2.45) is 0 Å². The van der Waals surface area contributed by atoms with Crippen LogP contribution in [-0.4, -0.2) is 33.9 Å². The summed E-state index contributed by atoms with van der Waals surface area (Å²) in [4.78, 5) is 23.4. The molecule has 0 aliphatic carbocycles. The van der Waals surface area contributed by atoms with Crippen molar-refractivity contribution in [3.63, 3.8) is 0 Å². The largest absolute Gasteiger partial charge is 0.452 e. The Kier molecular flexibility index (Phi) is 5.84. The van der Waals surface area contributed by atoms with Gasteiger partial charge in [-0.3, -0.25) is 4.79 Å². The van der Waals surface area contributed by atoms with Crippen molar-refractivity contribution in [2.45, 2.75) is 4.90 Å². The summed E-state index contributed by atoms with van der Waals surface area (Å²) in [6, 6.07) is 11.2. The van der Waals surface area contributed by atoms with Crippen molar-refractivity contribution in [1.82, 2.24) is 4.72 Å². The van der Waals surface area contributed by atoms with E-state index >= 15 is 0 Å². The maximum Gasteiger partial charge on any atom is 0.341 e. The van der Waals surface area contributed by atoms with E-state index < -0.39 is 39.9 Å². The van der Waals surface area contributed by atoms with Crippen LogP contribution >= 0.6 is 0 Å². The van der Waals surface area contributed by atoms with E-state index in [1.807, 2.05) is 0 Å². The van der Waals surface area contributed by atoms with Crippen LogP contribution < -0.4 is 10.0 Å². The molecule has 25 heavy (non-hydrogen) atoms. The zero-order valence-electron chi connectivity index (χ0n) is 13.2. The average Bonchev–Trinajstić information content (AvgIpc) is 2.60. The second-order valence-electron chi connectivity index (χ2n) is 4.84. The normalized spacial score (nSPS) is 11.0. The minimum Gasteiger partial charge on any atom is -0.452 e. The highest BCUT2D eigenvalue weighted by Gasteiger charge is 2.20. The van der Waals surface area contributed by atoms with Crippen molar-refractivity contribution in [2.75, 3.05) is 19.0 Å². The number of ether oxygens (including phenoxy) is 1. The summed E-state index contributed by atoms with van der Waals surface area (Å²) in [5, 5.41) is 2.49. The standard InChI is InChI=1S/C16H15FN2O5S/c1-18-25(22,23)12-7-8-14(17)13(9-12)16(21)24-10-15(20)19-11-5-3-2-4-6-11/h2-9,18H,10H2,1H3,(H,19,20). The lowest BCUT2D eigenvalue weighted by Gasteiger charge is -2.08. The van der Waals surface area contributed by atoms with Crippen molar-refractivity contribution in [3.05, 3.63) is 59.9 Å². The van der Waals surface area contributed by atoms with E-state index in [-0.39, 0.29) is 4.90 Å². The van der Waals surface area contributed by atoms with E-state index in [0.29, 0.717) is 5.69 Å². The van der Waals surface area contributed by atoms with Crippen molar-refractivity contribution in [1.29, 1.82) is 0 Å². The third-order valence-electron chi connectivity index (χ3n) is 3.13. The van der Waals surface area contributed by atoms with E-state index in [2.05, 4.69) is 10.0 Å². The molecule has 0 saturated heterocycles. The number of nitrogens with one attached hydrogen (secondary N) is 2. The molecule has 0 aliphatic rings. The fourth-order valence-corrected chi connectivity index (χ4v) is 2.63. The van der Waals surface area contributed by atoms with Gasteiger partial charge in [0.15, 0.2) is 6.61 Å². The Morgan fingerprint density at radius 2 is 1.80 bits per heavy atom. The molecule has 0 fully saturated rings. The van der Waals surface area contributed by atoms with E-state index in [4.69, 9.17) is 4.74 Å². The first-order chi connectivity index (χ1) is 11.8. The molecule has 0 spiro atoms. The van der Waals surface area contributed by atoms with Crippen LogP contribution in [0.1, 0.15) is 10.4 Å². The highest BCUT2D eigenvalue weighted by Crippen LogP contribution is 2.16. The number of anilines is 1. The van der Waals surface area contributed by atoms with Crippen LogP contribution in [0.3, 0.4) is 0 Å². The zero-order chi connectivity index (χ0) is 18.4. The molecule has 0 aromatic heterocycles. The predicted molar refractivity (Wildman–Crippen MR) is 88.0 cm³/mol. The van der Waals surface area contributed by atoms with Gasteiger partial charge in [0.25, 0.3) is 5.91 Å². The molecule has 0 aliphatic heterocycles. The number of amides is 1. The van der Waals surface area contributed by atoms with Crippen molar-refractivity contribution >= 4 is 27.6 Å². The Morgan fingerprint density at radius 1 is 1.12 bits per heavy atom. The molecule has 7 nitrogen and oxygen atoms in total. The van der Waals surface area contributed by atoms with Crippen molar-refractivity contribution < 1.29 is 27.1 Å². The van der Waals surface area contributed by atoms with E-state index in [1.165, 1.54) is 7.05 Å². The average molecular weight is 366 g/mol. The van der Waals surface area contributed by atoms with Crippen molar-refractivity contribution in [3.8, 4) is 0 Å². The number of carbonyl (C=O) groups excluding carboxylic acids is 2. The molecule has 0 atom stereocenters. The molecule has 2 N–H and O–H groups in total. The van der Waals surface area contributed by atoms with Crippen LogP contribution in [0.2, 0.25) is 0 Å². The molecule has 0 bridgehead atoms. The molecule has 0 saturated carbocycles. The number of sulfonamides is 1. The van der Waals surface area contributed by atoms with E-state index in [9.17, 15) is 22.4 Å². The smallest absolute Gasteiger partial charge is 0.341 e.